The summed E-state index contributed by atoms with van der Waals surface area (Å²) in [6.07, 6.45) is 3.15. The summed E-state index contributed by atoms with van der Waals surface area (Å²) in [5.74, 6) is -0.508. The summed E-state index contributed by atoms with van der Waals surface area (Å²) in [4.78, 5) is 35.9. The third-order valence-corrected chi connectivity index (χ3v) is 5.19. The number of aromatic nitrogens is 2. The van der Waals surface area contributed by atoms with Crippen LogP contribution in [0.3, 0.4) is 0 Å². The van der Waals surface area contributed by atoms with Gasteiger partial charge in [-0.25, -0.2) is 9.78 Å². The van der Waals surface area contributed by atoms with Crippen molar-refractivity contribution in [1.29, 1.82) is 0 Å². The lowest BCUT2D eigenvalue weighted by molar-refractivity contribution is -0.148. The molecule has 1 aliphatic heterocycles. The van der Waals surface area contributed by atoms with E-state index in [2.05, 4.69) is 15.3 Å². The lowest BCUT2D eigenvalue weighted by Gasteiger charge is -2.22. The van der Waals surface area contributed by atoms with E-state index in [1.165, 1.54) is 6.20 Å². The first-order chi connectivity index (χ1) is 14.7. The Labute approximate surface area is 181 Å². The number of rotatable bonds is 7. The number of carbonyl (C=O) groups is 2. The number of amides is 1. The highest BCUT2D eigenvalue weighted by molar-refractivity contribution is 6.62. The molecule has 0 spiro atoms. The molecule has 9 nitrogen and oxygen atoms in total. The molecule has 0 aliphatic carbocycles. The van der Waals surface area contributed by atoms with Crippen LogP contribution in [0.2, 0.25) is 0 Å². The maximum atomic E-state index is 12.9. The zero-order chi connectivity index (χ0) is 22.7. The molecule has 0 saturated heterocycles. The largest absolute Gasteiger partial charge is 0.492 e. The van der Waals surface area contributed by atoms with Crippen molar-refractivity contribution < 1.29 is 24.0 Å². The van der Waals surface area contributed by atoms with Gasteiger partial charge in [-0.1, -0.05) is 19.9 Å². The van der Waals surface area contributed by atoms with Crippen LogP contribution in [-0.4, -0.2) is 54.1 Å². The topological polar surface area (TPSA) is 114 Å². The molecule has 1 aromatic carbocycles. The summed E-state index contributed by atoms with van der Waals surface area (Å²) in [5.41, 5.74) is 2.98. The average molecular weight is 426 g/mol. The second-order valence-corrected chi connectivity index (χ2v) is 8.04. The number of fused-ring (bicyclic) bond motifs is 1. The van der Waals surface area contributed by atoms with Gasteiger partial charge in [-0.05, 0) is 35.5 Å². The number of carbonyl (C=O) groups excluding carboxylic acids is 2. The SMILES string of the molecule is Cc1c(C(=O)NC(C(=O)OCc2cncc(N(C)C)n2)C(C)C)ccc2c1B(O)OC2. The Morgan fingerprint density at radius 1 is 1.32 bits per heavy atom. The van der Waals surface area contributed by atoms with Crippen LogP contribution in [-0.2, 0) is 27.4 Å². The normalized spacial score (nSPS) is 13.7. The van der Waals surface area contributed by atoms with Crippen molar-refractivity contribution in [3.05, 3.63) is 46.9 Å². The minimum Gasteiger partial charge on any atom is -0.458 e. The Kier molecular flexibility index (Phi) is 6.92. The minimum atomic E-state index is -1.05. The fraction of sp³-hybridized carbons (Fsp3) is 0.429. The van der Waals surface area contributed by atoms with Crippen LogP contribution >= 0.6 is 0 Å². The second kappa shape index (κ2) is 9.44. The van der Waals surface area contributed by atoms with Gasteiger partial charge in [0.15, 0.2) is 0 Å². The number of nitrogens with one attached hydrogen (secondary N) is 1. The van der Waals surface area contributed by atoms with Crippen LogP contribution in [0.1, 0.15) is 41.0 Å². The van der Waals surface area contributed by atoms with E-state index in [1.54, 1.807) is 30.2 Å². The maximum Gasteiger partial charge on any atom is 0.492 e. The lowest BCUT2D eigenvalue weighted by atomic mass is 9.75. The lowest BCUT2D eigenvalue weighted by Crippen LogP contribution is -2.46. The summed E-state index contributed by atoms with van der Waals surface area (Å²) in [6, 6.07) is 2.59. The van der Waals surface area contributed by atoms with Crippen molar-refractivity contribution in [2.45, 2.75) is 40.0 Å². The predicted octanol–water partition coefficient (Wildman–Crippen LogP) is 0.567. The van der Waals surface area contributed by atoms with E-state index in [0.29, 0.717) is 34.7 Å². The summed E-state index contributed by atoms with van der Waals surface area (Å²) in [5, 5.41) is 12.8. The number of ether oxygens (including phenoxy) is 1. The first-order valence-electron chi connectivity index (χ1n) is 10.1. The zero-order valence-corrected chi connectivity index (χ0v) is 18.4. The third kappa shape index (κ3) is 5.03. The van der Waals surface area contributed by atoms with Crippen molar-refractivity contribution in [2.24, 2.45) is 5.92 Å². The van der Waals surface area contributed by atoms with Gasteiger partial charge in [0.05, 0.1) is 24.7 Å². The molecule has 0 saturated carbocycles. The van der Waals surface area contributed by atoms with Crippen molar-refractivity contribution in [3.8, 4) is 0 Å². The van der Waals surface area contributed by atoms with Gasteiger partial charge in [-0.3, -0.25) is 9.78 Å². The molecule has 10 heteroatoms. The van der Waals surface area contributed by atoms with Crippen LogP contribution in [0.5, 0.6) is 0 Å². The Hall–Kier alpha value is -2.98. The summed E-state index contributed by atoms with van der Waals surface area (Å²) < 4.78 is 10.6. The molecule has 31 heavy (non-hydrogen) atoms. The third-order valence-electron chi connectivity index (χ3n) is 5.19. The Morgan fingerprint density at radius 3 is 2.74 bits per heavy atom. The monoisotopic (exact) mass is 426 g/mol. The standard InChI is InChI=1S/C21H27BN4O5/c1-12(2)19(21(28)30-11-15-8-23-9-17(24-15)26(4)5)25-20(27)16-7-6-14-10-31-22(29)18(14)13(16)3/h6-9,12,19,29H,10-11H2,1-5H3,(H,25,27). The molecule has 1 aromatic heterocycles. The van der Waals surface area contributed by atoms with E-state index in [1.807, 2.05) is 27.9 Å². The van der Waals surface area contributed by atoms with Gasteiger partial charge >= 0.3 is 13.1 Å². The molecule has 1 aliphatic rings. The molecule has 0 bridgehead atoms. The maximum absolute atomic E-state index is 12.9. The summed E-state index contributed by atoms with van der Waals surface area (Å²) in [7, 11) is 2.64. The van der Waals surface area contributed by atoms with Crippen molar-refractivity contribution in [3.63, 3.8) is 0 Å². The number of anilines is 1. The van der Waals surface area contributed by atoms with E-state index in [9.17, 15) is 14.6 Å². The minimum absolute atomic E-state index is 0.0476. The Bertz CT molecular complexity index is 982. The molecule has 1 atom stereocenters. The number of benzene rings is 1. The van der Waals surface area contributed by atoms with Crippen LogP contribution in [0.4, 0.5) is 5.82 Å². The van der Waals surface area contributed by atoms with Gasteiger partial charge in [0, 0.05) is 19.7 Å². The Morgan fingerprint density at radius 2 is 2.06 bits per heavy atom. The highest BCUT2D eigenvalue weighted by Crippen LogP contribution is 2.17. The highest BCUT2D eigenvalue weighted by atomic mass is 16.5. The first-order valence-corrected chi connectivity index (χ1v) is 10.1. The molecule has 2 heterocycles. The molecular formula is C21H27BN4O5. The molecule has 164 valence electrons. The molecule has 2 N–H and O–H groups in total. The van der Waals surface area contributed by atoms with Gasteiger partial charge in [-0.2, -0.15) is 0 Å². The van der Waals surface area contributed by atoms with Crippen LogP contribution < -0.4 is 15.7 Å². The smallest absolute Gasteiger partial charge is 0.458 e. The summed E-state index contributed by atoms with van der Waals surface area (Å²) >= 11 is 0. The van der Waals surface area contributed by atoms with Gasteiger partial charge in [0.1, 0.15) is 18.5 Å². The van der Waals surface area contributed by atoms with Crippen molar-refractivity contribution in [1.82, 2.24) is 15.3 Å². The molecule has 1 amide bonds. The Balaban J connectivity index is 1.70. The van der Waals surface area contributed by atoms with E-state index in [4.69, 9.17) is 9.39 Å². The number of esters is 1. The van der Waals surface area contributed by atoms with Crippen LogP contribution in [0.15, 0.2) is 24.5 Å². The van der Waals surface area contributed by atoms with Gasteiger partial charge in [-0.15, -0.1) is 0 Å². The summed E-state index contributed by atoms with van der Waals surface area (Å²) in [6.45, 7) is 5.66. The van der Waals surface area contributed by atoms with E-state index < -0.39 is 25.0 Å². The van der Waals surface area contributed by atoms with E-state index in [-0.39, 0.29) is 12.5 Å². The number of nitrogens with zero attached hydrogens (tertiary/aromatic N) is 3. The molecule has 1 unspecified atom stereocenters. The quantitative estimate of drug-likeness (QED) is 0.488. The van der Waals surface area contributed by atoms with E-state index >= 15 is 0 Å². The van der Waals surface area contributed by atoms with E-state index in [0.717, 1.165) is 5.56 Å². The first kappa shape index (κ1) is 22.7. The highest BCUT2D eigenvalue weighted by Gasteiger charge is 2.32. The molecule has 2 aromatic rings. The molecular weight excluding hydrogens is 399 g/mol. The van der Waals surface area contributed by atoms with Crippen LogP contribution in [0, 0.1) is 12.8 Å². The fourth-order valence-electron chi connectivity index (χ4n) is 3.38. The van der Waals surface area contributed by atoms with Crippen LogP contribution in [0.25, 0.3) is 0 Å². The second-order valence-electron chi connectivity index (χ2n) is 8.04. The van der Waals surface area contributed by atoms with Gasteiger partial charge < -0.3 is 24.6 Å². The van der Waals surface area contributed by atoms with Gasteiger partial charge in [0.25, 0.3) is 5.91 Å². The predicted molar refractivity (Wildman–Crippen MR) is 116 cm³/mol. The number of hydrogen-bond donors (Lipinski definition) is 2. The average Bonchev–Trinajstić information content (AvgIpc) is 3.12. The molecule has 3 rings (SSSR count). The molecule has 0 fully saturated rings. The number of hydrogen-bond acceptors (Lipinski definition) is 8. The van der Waals surface area contributed by atoms with Crippen molar-refractivity contribution in [2.75, 3.05) is 19.0 Å². The zero-order valence-electron chi connectivity index (χ0n) is 18.4. The van der Waals surface area contributed by atoms with Gasteiger partial charge in [0.2, 0.25) is 0 Å². The van der Waals surface area contributed by atoms with Crippen molar-refractivity contribution >= 4 is 30.3 Å². The fourth-order valence-corrected chi connectivity index (χ4v) is 3.38. The molecule has 0 radical (unpaired) electrons.